The fraction of sp³-hybridized carbons (Fsp3) is 1.00. The van der Waals surface area contributed by atoms with E-state index in [0.717, 1.165) is 19.5 Å². The molecule has 3 heteroatoms. The fourth-order valence-corrected chi connectivity index (χ4v) is 2.58. The van der Waals surface area contributed by atoms with E-state index in [2.05, 4.69) is 44.8 Å². The molecule has 0 aromatic heterocycles. The Morgan fingerprint density at radius 2 is 2.06 bits per heavy atom. The SMILES string of the molecule is COC(C)(C)CC(C)N1CC(C)NCC1C. The van der Waals surface area contributed by atoms with Crippen LogP contribution in [0.5, 0.6) is 0 Å². The molecule has 0 saturated carbocycles. The molecule has 0 bridgehead atoms. The molecular formula is C13H28N2O. The minimum Gasteiger partial charge on any atom is -0.379 e. The largest absolute Gasteiger partial charge is 0.379 e. The van der Waals surface area contributed by atoms with Crippen LogP contribution in [0.3, 0.4) is 0 Å². The van der Waals surface area contributed by atoms with Gasteiger partial charge < -0.3 is 10.1 Å². The lowest BCUT2D eigenvalue weighted by Gasteiger charge is -2.43. The van der Waals surface area contributed by atoms with Gasteiger partial charge in [-0.15, -0.1) is 0 Å². The van der Waals surface area contributed by atoms with Crippen molar-refractivity contribution in [3.8, 4) is 0 Å². The predicted octanol–water partition coefficient (Wildman–Crippen LogP) is 1.87. The van der Waals surface area contributed by atoms with Crippen molar-refractivity contribution in [1.82, 2.24) is 10.2 Å². The maximum Gasteiger partial charge on any atom is 0.0637 e. The van der Waals surface area contributed by atoms with Crippen molar-refractivity contribution < 1.29 is 4.74 Å². The van der Waals surface area contributed by atoms with Crippen molar-refractivity contribution in [2.75, 3.05) is 20.2 Å². The first kappa shape index (κ1) is 13.9. The first-order chi connectivity index (χ1) is 7.35. The molecule has 0 spiro atoms. The predicted molar refractivity (Wildman–Crippen MR) is 68.8 cm³/mol. The second-order valence-electron chi connectivity index (χ2n) is 5.87. The van der Waals surface area contributed by atoms with E-state index in [-0.39, 0.29) is 5.60 Å². The van der Waals surface area contributed by atoms with Crippen LogP contribution in [0.15, 0.2) is 0 Å². The van der Waals surface area contributed by atoms with Gasteiger partial charge in [0, 0.05) is 38.3 Å². The van der Waals surface area contributed by atoms with Gasteiger partial charge >= 0.3 is 0 Å². The third-order valence-electron chi connectivity index (χ3n) is 3.72. The van der Waals surface area contributed by atoms with Crippen LogP contribution in [0.1, 0.15) is 41.0 Å². The third-order valence-corrected chi connectivity index (χ3v) is 3.72. The van der Waals surface area contributed by atoms with Gasteiger partial charge in [0.25, 0.3) is 0 Å². The molecule has 1 saturated heterocycles. The van der Waals surface area contributed by atoms with E-state index in [1.807, 2.05) is 0 Å². The van der Waals surface area contributed by atoms with Crippen molar-refractivity contribution in [3.63, 3.8) is 0 Å². The molecule has 3 unspecified atom stereocenters. The lowest BCUT2D eigenvalue weighted by atomic mass is 9.96. The Hall–Kier alpha value is -0.120. The highest BCUT2D eigenvalue weighted by Gasteiger charge is 2.30. The summed E-state index contributed by atoms with van der Waals surface area (Å²) < 4.78 is 5.52. The molecule has 1 heterocycles. The highest BCUT2D eigenvalue weighted by Crippen LogP contribution is 2.21. The Kier molecular flexibility index (Phi) is 4.77. The zero-order chi connectivity index (χ0) is 12.3. The van der Waals surface area contributed by atoms with Crippen LogP contribution in [0.4, 0.5) is 0 Å². The van der Waals surface area contributed by atoms with Crippen LogP contribution in [0.25, 0.3) is 0 Å². The van der Waals surface area contributed by atoms with Crippen LogP contribution in [-0.2, 0) is 4.74 Å². The van der Waals surface area contributed by atoms with Crippen molar-refractivity contribution in [1.29, 1.82) is 0 Å². The minimum atomic E-state index is -0.0206. The molecule has 16 heavy (non-hydrogen) atoms. The Morgan fingerprint density at radius 1 is 1.44 bits per heavy atom. The van der Waals surface area contributed by atoms with Crippen LogP contribution >= 0.6 is 0 Å². The molecular weight excluding hydrogens is 200 g/mol. The summed E-state index contributed by atoms with van der Waals surface area (Å²) in [5.41, 5.74) is -0.0206. The first-order valence-corrected chi connectivity index (χ1v) is 6.40. The first-order valence-electron chi connectivity index (χ1n) is 6.40. The van der Waals surface area contributed by atoms with Crippen molar-refractivity contribution in [2.45, 2.75) is 64.8 Å². The summed E-state index contributed by atoms with van der Waals surface area (Å²) in [6.45, 7) is 13.4. The summed E-state index contributed by atoms with van der Waals surface area (Å²) in [6, 6.07) is 1.80. The number of ether oxygens (including phenoxy) is 1. The van der Waals surface area contributed by atoms with E-state index in [1.165, 1.54) is 0 Å². The minimum absolute atomic E-state index is 0.0206. The molecule has 3 atom stereocenters. The number of methoxy groups -OCH3 is 1. The van der Waals surface area contributed by atoms with E-state index < -0.39 is 0 Å². The van der Waals surface area contributed by atoms with Crippen LogP contribution in [0, 0.1) is 0 Å². The van der Waals surface area contributed by atoms with Crippen molar-refractivity contribution in [2.24, 2.45) is 0 Å². The van der Waals surface area contributed by atoms with Gasteiger partial charge in [-0.1, -0.05) is 0 Å². The maximum absolute atomic E-state index is 5.52. The second kappa shape index (κ2) is 5.48. The van der Waals surface area contributed by atoms with Crippen molar-refractivity contribution in [3.05, 3.63) is 0 Å². The van der Waals surface area contributed by atoms with Crippen LogP contribution < -0.4 is 5.32 Å². The number of hydrogen-bond acceptors (Lipinski definition) is 3. The number of nitrogens with one attached hydrogen (secondary N) is 1. The zero-order valence-corrected chi connectivity index (χ0v) is 11.7. The summed E-state index contributed by atoms with van der Waals surface area (Å²) >= 11 is 0. The lowest BCUT2D eigenvalue weighted by Crippen LogP contribution is -2.57. The smallest absolute Gasteiger partial charge is 0.0637 e. The van der Waals surface area contributed by atoms with E-state index in [0.29, 0.717) is 18.1 Å². The molecule has 0 aromatic carbocycles. The molecule has 0 amide bonds. The van der Waals surface area contributed by atoms with Gasteiger partial charge in [0.05, 0.1) is 5.60 Å². The zero-order valence-electron chi connectivity index (χ0n) is 11.7. The molecule has 1 aliphatic rings. The third kappa shape index (κ3) is 3.72. The van der Waals surface area contributed by atoms with Crippen LogP contribution in [-0.4, -0.2) is 48.8 Å². The molecule has 1 N–H and O–H groups in total. The topological polar surface area (TPSA) is 24.5 Å². The monoisotopic (exact) mass is 228 g/mol. The number of hydrogen-bond donors (Lipinski definition) is 1. The van der Waals surface area contributed by atoms with Gasteiger partial charge in [-0.3, -0.25) is 4.90 Å². The number of rotatable bonds is 4. The second-order valence-corrected chi connectivity index (χ2v) is 5.87. The molecule has 1 fully saturated rings. The summed E-state index contributed by atoms with van der Waals surface area (Å²) in [7, 11) is 1.80. The molecule has 0 radical (unpaired) electrons. The highest BCUT2D eigenvalue weighted by molar-refractivity contribution is 4.87. The summed E-state index contributed by atoms with van der Waals surface area (Å²) in [4.78, 5) is 2.60. The van der Waals surface area contributed by atoms with E-state index in [1.54, 1.807) is 7.11 Å². The molecule has 0 aliphatic carbocycles. The van der Waals surface area contributed by atoms with Gasteiger partial charge in [-0.05, 0) is 41.0 Å². The quantitative estimate of drug-likeness (QED) is 0.795. The Morgan fingerprint density at radius 3 is 2.62 bits per heavy atom. The Bertz CT molecular complexity index is 218. The summed E-state index contributed by atoms with van der Waals surface area (Å²) in [5, 5.41) is 3.52. The van der Waals surface area contributed by atoms with Gasteiger partial charge in [0.15, 0.2) is 0 Å². The van der Waals surface area contributed by atoms with Gasteiger partial charge in [-0.2, -0.15) is 0 Å². The van der Waals surface area contributed by atoms with Crippen LogP contribution in [0.2, 0.25) is 0 Å². The molecule has 1 rings (SSSR count). The lowest BCUT2D eigenvalue weighted by molar-refractivity contribution is -0.0167. The standard InChI is InChI=1S/C13H28N2O/c1-10-9-15(12(3)8-14-10)11(2)7-13(4,5)16-6/h10-12,14H,7-9H2,1-6H3. The molecule has 0 aromatic rings. The Labute approximate surface area is 101 Å². The van der Waals surface area contributed by atoms with Gasteiger partial charge in [-0.25, -0.2) is 0 Å². The molecule has 3 nitrogen and oxygen atoms in total. The normalized spacial score (nSPS) is 30.4. The maximum atomic E-state index is 5.52. The fourth-order valence-electron chi connectivity index (χ4n) is 2.58. The average Bonchev–Trinajstić information content (AvgIpc) is 2.21. The molecule has 96 valence electrons. The summed E-state index contributed by atoms with van der Waals surface area (Å²) in [5.74, 6) is 0. The van der Waals surface area contributed by atoms with E-state index >= 15 is 0 Å². The highest BCUT2D eigenvalue weighted by atomic mass is 16.5. The van der Waals surface area contributed by atoms with E-state index in [4.69, 9.17) is 4.74 Å². The van der Waals surface area contributed by atoms with Gasteiger partial charge in [0.2, 0.25) is 0 Å². The van der Waals surface area contributed by atoms with Gasteiger partial charge in [0.1, 0.15) is 0 Å². The number of piperazine rings is 1. The van der Waals surface area contributed by atoms with E-state index in [9.17, 15) is 0 Å². The number of nitrogens with zero attached hydrogens (tertiary/aromatic N) is 1. The van der Waals surface area contributed by atoms with Crippen molar-refractivity contribution >= 4 is 0 Å². The summed E-state index contributed by atoms with van der Waals surface area (Å²) in [6.07, 6.45) is 1.08. The average molecular weight is 228 g/mol. The Balaban J connectivity index is 2.54. The molecule has 1 aliphatic heterocycles.